The van der Waals surface area contributed by atoms with E-state index in [1.807, 2.05) is 25.1 Å². The van der Waals surface area contributed by atoms with Crippen molar-refractivity contribution < 1.29 is 5.11 Å². The summed E-state index contributed by atoms with van der Waals surface area (Å²) >= 11 is 6.78. The first-order valence-electron chi connectivity index (χ1n) is 4.39. The zero-order valence-corrected chi connectivity index (χ0v) is 11.0. The lowest BCUT2D eigenvalue weighted by atomic mass is 9.98. The minimum atomic E-state index is -0.512. The van der Waals surface area contributed by atoms with Gasteiger partial charge in [-0.2, -0.15) is 0 Å². The van der Waals surface area contributed by atoms with E-state index >= 15 is 0 Å². The maximum atomic E-state index is 9.94. The molecule has 14 heavy (non-hydrogen) atoms. The molecule has 0 aromatic heterocycles. The second-order valence-corrected chi connectivity index (χ2v) is 5.09. The lowest BCUT2D eigenvalue weighted by Crippen LogP contribution is -2.19. The SMILES string of the molecule is CC(CN)C(O)c1ccc(Br)cc1Br. The molecule has 2 unspecified atom stereocenters. The zero-order chi connectivity index (χ0) is 10.7. The molecule has 1 rings (SSSR count). The van der Waals surface area contributed by atoms with Crippen LogP contribution >= 0.6 is 31.9 Å². The molecular formula is C10H13Br2NO. The number of benzene rings is 1. The quantitative estimate of drug-likeness (QED) is 0.899. The predicted octanol–water partition coefficient (Wildman–Crippen LogP) is 2.84. The van der Waals surface area contributed by atoms with E-state index in [-0.39, 0.29) is 5.92 Å². The summed E-state index contributed by atoms with van der Waals surface area (Å²) < 4.78 is 1.89. The van der Waals surface area contributed by atoms with Crippen molar-refractivity contribution >= 4 is 31.9 Å². The van der Waals surface area contributed by atoms with Crippen molar-refractivity contribution in [2.45, 2.75) is 13.0 Å². The Morgan fingerprint density at radius 2 is 2.07 bits per heavy atom. The summed E-state index contributed by atoms with van der Waals surface area (Å²) in [5.41, 5.74) is 6.39. The molecule has 0 amide bonds. The van der Waals surface area contributed by atoms with Crippen LogP contribution in [-0.4, -0.2) is 11.7 Å². The Morgan fingerprint density at radius 3 is 2.57 bits per heavy atom. The number of rotatable bonds is 3. The van der Waals surface area contributed by atoms with Crippen LogP contribution in [0.2, 0.25) is 0 Å². The molecular weight excluding hydrogens is 310 g/mol. The minimum Gasteiger partial charge on any atom is -0.388 e. The van der Waals surface area contributed by atoms with Gasteiger partial charge in [0.05, 0.1) is 6.10 Å². The van der Waals surface area contributed by atoms with Gasteiger partial charge in [0.15, 0.2) is 0 Å². The topological polar surface area (TPSA) is 46.2 Å². The van der Waals surface area contributed by atoms with Gasteiger partial charge in [0.25, 0.3) is 0 Å². The summed E-state index contributed by atoms with van der Waals surface area (Å²) in [6.45, 7) is 2.41. The molecule has 4 heteroatoms. The number of nitrogens with two attached hydrogens (primary N) is 1. The summed E-state index contributed by atoms with van der Waals surface area (Å²) in [6.07, 6.45) is -0.512. The highest BCUT2D eigenvalue weighted by molar-refractivity contribution is 9.11. The van der Waals surface area contributed by atoms with Crippen LogP contribution in [0.1, 0.15) is 18.6 Å². The Morgan fingerprint density at radius 1 is 1.43 bits per heavy atom. The van der Waals surface area contributed by atoms with Gasteiger partial charge in [0.2, 0.25) is 0 Å². The molecule has 0 aliphatic carbocycles. The molecule has 2 atom stereocenters. The van der Waals surface area contributed by atoms with Crippen LogP contribution in [0.5, 0.6) is 0 Å². The van der Waals surface area contributed by atoms with Crippen LogP contribution in [0.4, 0.5) is 0 Å². The first-order chi connectivity index (χ1) is 6.56. The van der Waals surface area contributed by atoms with Crippen molar-refractivity contribution in [2.75, 3.05) is 6.54 Å². The van der Waals surface area contributed by atoms with Crippen molar-refractivity contribution in [3.05, 3.63) is 32.7 Å². The van der Waals surface area contributed by atoms with Crippen LogP contribution in [-0.2, 0) is 0 Å². The molecule has 78 valence electrons. The molecule has 3 N–H and O–H groups in total. The molecule has 0 spiro atoms. The molecule has 0 fully saturated rings. The standard InChI is InChI=1S/C10H13Br2NO/c1-6(5-13)10(14)8-3-2-7(11)4-9(8)12/h2-4,6,10,14H,5,13H2,1H3. The Labute approximate surface area is 101 Å². The molecule has 0 bridgehead atoms. The summed E-state index contributed by atoms with van der Waals surface area (Å²) in [5.74, 6) is 0.0625. The summed E-state index contributed by atoms with van der Waals surface area (Å²) in [5, 5.41) is 9.94. The van der Waals surface area contributed by atoms with Crippen LogP contribution in [0, 0.1) is 5.92 Å². The number of aliphatic hydroxyl groups excluding tert-OH is 1. The third-order valence-corrected chi connectivity index (χ3v) is 3.37. The fourth-order valence-corrected chi connectivity index (χ4v) is 2.46. The molecule has 0 aliphatic heterocycles. The van der Waals surface area contributed by atoms with E-state index in [0.29, 0.717) is 6.54 Å². The Hall–Kier alpha value is 0.1000. The highest BCUT2D eigenvalue weighted by Crippen LogP contribution is 2.30. The Bertz CT molecular complexity index is 317. The van der Waals surface area contributed by atoms with E-state index in [1.54, 1.807) is 0 Å². The highest BCUT2D eigenvalue weighted by atomic mass is 79.9. The minimum absolute atomic E-state index is 0.0625. The summed E-state index contributed by atoms with van der Waals surface area (Å²) in [6, 6.07) is 5.72. The smallest absolute Gasteiger partial charge is 0.0838 e. The number of hydrogen-bond donors (Lipinski definition) is 2. The molecule has 0 heterocycles. The van der Waals surface area contributed by atoms with Crippen LogP contribution in [0.3, 0.4) is 0 Å². The third-order valence-electron chi connectivity index (χ3n) is 2.19. The molecule has 1 aromatic rings. The van der Waals surface area contributed by atoms with Crippen LogP contribution in [0.15, 0.2) is 27.1 Å². The van der Waals surface area contributed by atoms with E-state index < -0.39 is 6.10 Å². The van der Waals surface area contributed by atoms with E-state index in [4.69, 9.17) is 5.73 Å². The number of aliphatic hydroxyl groups is 1. The summed E-state index contributed by atoms with van der Waals surface area (Å²) in [4.78, 5) is 0. The van der Waals surface area contributed by atoms with Crippen molar-refractivity contribution in [2.24, 2.45) is 11.7 Å². The highest BCUT2D eigenvalue weighted by Gasteiger charge is 2.17. The number of hydrogen-bond acceptors (Lipinski definition) is 2. The van der Waals surface area contributed by atoms with E-state index in [1.165, 1.54) is 0 Å². The van der Waals surface area contributed by atoms with Crippen LogP contribution in [0.25, 0.3) is 0 Å². The van der Waals surface area contributed by atoms with Gasteiger partial charge in [-0.3, -0.25) is 0 Å². The monoisotopic (exact) mass is 321 g/mol. The van der Waals surface area contributed by atoms with Crippen molar-refractivity contribution in [1.29, 1.82) is 0 Å². The van der Waals surface area contributed by atoms with Crippen molar-refractivity contribution in [3.8, 4) is 0 Å². The largest absolute Gasteiger partial charge is 0.388 e. The fourth-order valence-electron chi connectivity index (χ4n) is 1.18. The van der Waals surface area contributed by atoms with Gasteiger partial charge in [0, 0.05) is 8.95 Å². The number of halogens is 2. The van der Waals surface area contributed by atoms with Crippen LogP contribution < -0.4 is 5.73 Å². The van der Waals surface area contributed by atoms with Gasteiger partial charge in [-0.05, 0) is 30.2 Å². The van der Waals surface area contributed by atoms with E-state index in [0.717, 1.165) is 14.5 Å². The maximum absolute atomic E-state index is 9.94. The second-order valence-electron chi connectivity index (χ2n) is 3.32. The first-order valence-corrected chi connectivity index (χ1v) is 5.98. The van der Waals surface area contributed by atoms with Gasteiger partial charge in [-0.25, -0.2) is 0 Å². The average Bonchev–Trinajstić information content (AvgIpc) is 2.15. The Kier molecular flexibility index (Phi) is 4.57. The van der Waals surface area contributed by atoms with Crippen molar-refractivity contribution in [3.63, 3.8) is 0 Å². The molecule has 0 radical (unpaired) electrons. The molecule has 0 aliphatic rings. The predicted molar refractivity (Wildman–Crippen MR) is 65.0 cm³/mol. The molecule has 2 nitrogen and oxygen atoms in total. The van der Waals surface area contributed by atoms with E-state index in [9.17, 15) is 5.11 Å². The normalized spacial score (nSPS) is 15.2. The van der Waals surface area contributed by atoms with Gasteiger partial charge in [-0.15, -0.1) is 0 Å². The summed E-state index contributed by atoms with van der Waals surface area (Å²) in [7, 11) is 0. The maximum Gasteiger partial charge on any atom is 0.0838 e. The zero-order valence-electron chi connectivity index (χ0n) is 7.87. The Balaban J connectivity index is 2.95. The van der Waals surface area contributed by atoms with Gasteiger partial charge < -0.3 is 10.8 Å². The lowest BCUT2D eigenvalue weighted by Gasteiger charge is -2.18. The third kappa shape index (κ3) is 2.79. The van der Waals surface area contributed by atoms with Crippen molar-refractivity contribution in [1.82, 2.24) is 0 Å². The van der Waals surface area contributed by atoms with Gasteiger partial charge >= 0.3 is 0 Å². The molecule has 1 aromatic carbocycles. The first kappa shape index (κ1) is 12.2. The second kappa shape index (κ2) is 5.26. The van der Waals surface area contributed by atoms with Gasteiger partial charge in [0.1, 0.15) is 0 Å². The molecule has 0 saturated heterocycles. The van der Waals surface area contributed by atoms with E-state index in [2.05, 4.69) is 31.9 Å². The lowest BCUT2D eigenvalue weighted by molar-refractivity contribution is 0.121. The van der Waals surface area contributed by atoms with Gasteiger partial charge in [-0.1, -0.05) is 44.8 Å². The fraction of sp³-hybridized carbons (Fsp3) is 0.400. The molecule has 0 saturated carbocycles. The average molecular weight is 323 g/mol.